The van der Waals surface area contributed by atoms with Crippen LogP contribution >= 0.6 is 0 Å². The van der Waals surface area contributed by atoms with Crippen LogP contribution in [0, 0.1) is 11.6 Å². The third kappa shape index (κ3) is 3.73. The molecule has 0 radical (unpaired) electrons. The molecule has 2 aromatic heterocycles. The summed E-state index contributed by atoms with van der Waals surface area (Å²) < 4.78 is 28.3. The fourth-order valence-corrected chi connectivity index (χ4v) is 7.89. The Kier molecular flexibility index (Phi) is 5.41. The van der Waals surface area contributed by atoms with Crippen LogP contribution in [-0.4, -0.2) is 9.97 Å². The molecule has 4 heteroatoms. The maximum atomic E-state index is 14.1. The van der Waals surface area contributed by atoms with E-state index < -0.39 is 0 Å². The van der Waals surface area contributed by atoms with Crippen LogP contribution in [-0.2, 0) is 10.8 Å². The number of aromatic nitrogens is 2. The summed E-state index contributed by atoms with van der Waals surface area (Å²) in [5, 5.41) is 2.05. The van der Waals surface area contributed by atoms with Crippen LogP contribution in [0.2, 0.25) is 0 Å². The fourth-order valence-electron chi connectivity index (χ4n) is 7.89. The van der Waals surface area contributed by atoms with Gasteiger partial charge < -0.3 is 0 Å². The summed E-state index contributed by atoms with van der Waals surface area (Å²) in [6.45, 7) is 8.65. The standard InChI is InChI=1S/C42H30F2N2/c1-41(2)35-17-23(7-11-31(35)33-13-9-29(43)19-37(33)41)27-15-25-5-6-26-16-28(22-46-40(26)39(25)45-21-27)24-8-12-32-34-14-10-30(44)20-38(34)42(3,4)36(32)18-24/h5-22H,1-4H3. The van der Waals surface area contributed by atoms with Crippen LogP contribution in [0.25, 0.3) is 66.3 Å². The van der Waals surface area contributed by atoms with Crippen molar-refractivity contribution in [3.63, 3.8) is 0 Å². The van der Waals surface area contributed by atoms with Crippen molar-refractivity contribution in [1.82, 2.24) is 9.97 Å². The topological polar surface area (TPSA) is 25.8 Å². The van der Waals surface area contributed by atoms with Crippen molar-refractivity contribution >= 4 is 21.8 Å². The predicted molar refractivity (Wildman–Crippen MR) is 183 cm³/mol. The van der Waals surface area contributed by atoms with E-state index in [1.807, 2.05) is 24.5 Å². The van der Waals surface area contributed by atoms with Crippen LogP contribution in [0.3, 0.4) is 0 Å². The molecule has 5 aromatic carbocycles. The Bertz CT molecular complexity index is 2280. The van der Waals surface area contributed by atoms with Crippen LogP contribution in [0.1, 0.15) is 49.9 Å². The summed E-state index contributed by atoms with van der Waals surface area (Å²) in [6.07, 6.45) is 3.86. The molecule has 0 bridgehead atoms. The van der Waals surface area contributed by atoms with Gasteiger partial charge in [-0.3, -0.25) is 9.97 Å². The number of fused-ring (bicyclic) bond motifs is 9. The van der Waals surface area contributed by atoms with Crippen molar-refractivity contribution in [2.24, 2.45) is 0 Å². The Hall–Kier alpha value is -5.22. The van der Waals surface area contributed by atoms with Crippen LogP contribution in [0.4, 0.5) is 8.78 Å². The Morgan fingerprint density at radius 2 is 0.783 bits per heavy atom. The molecule has 0 atom stereocenters. The molecule has 0 spiro atoms. The zero-order chi connectivity index (χ0) is 31.5. The van der Waals surface area contributed by atoms with Crippen molar-refractivity contribution in [3.05, 3.63) is 143 Å². The van der Waals surface area contributed by atoms with E-state index in [2.05, 4.69) is 88.4 Å². The molecule has 2 nitrogen and oxygen atoms in total. The Labute approximate surface area is 266 Å². The van der Waals surface area contributed by atoms with Gasteiger partial charge in [0.15, 0.2) is 0 Å². The molecule has 9 rings (SSSR count). The lowest BCUT2D eigenvalue weighted by atomic mass is 9.81. The van der Waals surface area contributed by atoms with E-state index in [1.54, 1.807) is 24.3 Å². The molecule has 0 unspecified atom stereocenters. The van der Waals surface area contributed by atoms with Gasteiger partial charge in [0, 0.05) is 45.1 Å². The highest BCUT2D eigenvalue weighted by molar-refractivity contribution is 6.04. The highest BCUT2D eigenvalue weighted by Gasteiger charge is 2.37. The summed E-state index contributed by atoms with van der Waals surface area (Å²) >= 11 is 0. The molecule has 0 fully saturated rings. The van der Waals surface area contributed by atoms with Gasteiger partial charge in [-0.1, -0.05) is 76.2 Å². The molecule has 2 aliphatic rings. The molecule has 0 saturated heterocycles. The highest BCUT2D eigenvalue weighted by Crippen LogP contribution is 2.51. The van der Waals surface area contributed by atoms with Gasteiger partial charge in [0.1, 0.15) is 11.6 Å². The van der Waals surface area contributed by atoms with E-state index in [9.17, 15) is 8.78 Å². The third-order valence-corrected chi connectivity index (χ3v) is 10.4. The lowest BCUT2D eigenvalue weighted by Gasteiger charge is -2.22. The quantitative estimate of drug-likeness (QED) is 0.185. The van der Waals surface area contributed by atoms with Crippen molar-refractivity contribution in [2.45, 2.75) is 38.5 Å². The molecule has 46 heavy (non-hydrogen) atoms. The molecule has 222 valence electrons. The minimum Gasteiger partial charge on any atom is -0.253 e. The number of rotatable bonds is 2. The number of pyridine rings is 2. The van der Waals surface area contributed by atoms with Gasteiger partial charge in [0.05, 0.1) is 11.0 Å². The Morgan fingerprint density at radius 3 is 1.20 bits per heavy atom. The lowest BCUT2D eigenvalue weighted by Crippen LogP contribution is -2.15. The molecule has 0 N–H and O–H groups in total. The molecule has 7 aromatic rings. The Morgan fingerprint density at radius 1 is 0.413 bits per heavy atom. The maximum absolute atomic E-state index is 14.1. The number of hydrogen-bond acceptors (Lipinski definition) is 2. The van der Waals surface area contributed by atoms with E-state index in [0.29, 0.717) is 0 Å². The van der Waals surface area contributed by atoms with E-state index in [4.69, 9.17) is 9.97 Å². The monoisotopic (exact) mass is 600 g/mol. The van der Waals surface area contributed by atoms with Crippen molar-refractivity contribution in [3.8, 4) is 44.5 Å². The van der Waals surface area contributed by atoms with Crippen LogP contribution < -0.4 is 0 Å². The van der Waals surface area contributed by atoms with E-state index >= 15 is 0 Å². The van der Waals surface area contributed by atoms with E-state index in [0.717, 1.165) is 77.4 Å². The number of nitrogens with zero attached hydrogens (tertiary/aromatic N) is 2. The summed E-state index contributed by atoms with van der Waals surface area (Å²) in [6, 6.07) is 31.8. The van der Waals surface area contributed by atoms with Gasteiger partial charge in [0.2, 0.25) is 0 Å². The van der Waals surface area contributed by atoms with Crippen molar-refractivity contribution < 1.29 is 8.78 Å². The second-order valence-corrected chi connectivity index (χ2v) is 13.8. The zero-order valence-electron chi connectivity index (χ0n) is 26.0. The number of benzene rings is 5. The van der Waals surface area contributed by atoms with Gasteiger partial charge in [-0.25, -0.2) is 8.78 Å². The van der Waals surface area contributed by atoms with Crippen LogP contribution in [0.15, 0.2) is 109 Å². The first kappa shape index (κ1) is 27.1. The average molecular weight is 601 g/mol. The van der Waals surface area contributed by atoms with Crippen LogP contribution in [0.5, 0.6) is 0 Å². The van der Waals surface area contributed by atoms with Gasteiger partial charge in [0.25, 0.3) is 0 Å². The second kappa shape index (κ2) is 9.17. The summed E-state index contributed by atoms with van der Waals surface area (Å²) in [5.74, 6) is -0.405. The smallest absolute Gasteiger partial charge is 0.123 e. The molecule has 2 heterocycles. The normalized spacial score (nSPS) is 15.1. The number of hydrogen-bond donors (Lipinski definition) is 0. The highest BCUT2D eigenvalue weighted by atomic mass is 19.1. The second-order valence-electron chi connectivity index (χ2n) is 13.8. The fraction of sp³-hybridized carbons (Fsp3) is 0.143. The predicted octanol–water partition coefficient (Wildman–Crippen LogP) is 11.0. The summed E-state index contributed by atoms with van der Waals surface area (Å²) in [7, 11) is 0. The number of halogens is 2. The SMILES string of the molecule is CC1(C)c2cc(F)ccc2-c2ccc(-c3cnc4c(ccc5cc(-c6ccc7c(c6)C(C)(C)c6cc(F)ccc6-7)cnc54)c3)cc21. The van der Waals surface area contributed by atoms with E-state index in [-0.39, 0.29) is 22.5 Å². The van der Waals surface area contributed by atoms with Gasteiger partial charge >= 0.3 is 0 Å². The summed E-state index contributed by atoms with van der Waals surface area (Å²) in [4.78, 5) is 9.85. The molecule has 0 amide bonds. The first-order valence-corrected chi connectivity index (χ1v) is 15.7. The van der Waals surface area contributed by atoms with Gasteiger partial charge in [-0.05, 0) is 104 Å². The third-order valence-electron chi connectivity index (χ3n) is 10.4. The first-order chi connectivity index (χ1) is 22.1. The average Bonchev–Trinajstić information content (AvgIpc) is 3.42. The Balaban J connectivity index is 1.08. The van der Waals surface area contributed by atoms with Crippen molar-refractivity contribution in [2.75, 3.05) is 0 Å². The lowest BCUT2D eigenvalue weighted by molar-refractivity contribution is 0.609. The minimum atomic E-state index is -0.290. The zero-order valence-corrected chi connectivity index (χ0v) is 26.0. The summed E-state index contributed by atoms with van der Waals surface area (Å²) in [5.41, 5.74) is 14.4. The molecular formula is C42H30F2N2. The first-order valence-electron chi connectivity index (χ1n) is 15.7. The molecule has 0 saturated carbocycles. The molecule has 2 aliphatic carbocycles. The minimum absolute atomic E-state index is 0.202. The molecular weight excluding hydrogens is 570 g/mol. The van der Waals surface area contributed by atoms with Gasteiger partial charge in [-0.15, -0.1) is 0 Å². The van der Waals surface area contributed by atoms with E-state index in [1.165, 1.54) is 11.1 Å². The van der Waals surface area contributed by atoms with Gasteiger partial charge in [-0.2, -0.15) is 0 Å². The maximum Gasteiger partial charge on any atom is 0.123 e. The molecule has 0 aliphatic heterocycles. The largest absolute Gasteiger partial charge is 0.253 e. The van der Waals surface area contributed by atoms with Crippen molar-refractivity contribution in [1.29, 1.82) is 0 Å².